The van der Waals surface area contributed by atoms with Crippen LogP contribution in [-0.2, 0) is 17.8 Å². The van der Waals surface area contributed by atoms with Crippen molar-refractivity contribution in [3.63, 3.8) is 0 Å². The van der Waals surface area contributed by atoms with Crippen LogP contribution in [0, 0.1) is 11.3 Å². The fourth-order valence-electron chi connectivity index (χ4n) is 4.26. The lowest BCUT2D eigenvalue weighted by molar-refractivity contribution is -0.112. The van der Waals surface area contributed by atoms with Gasteiger partial charge in [0.25, 0.3) is 5.91 Å². The molecule has 0 atom stereocenters. The van der Waals surface area contributed by atoms with Gasteiger partial charge < -0.3 is 19.5 Å². The van der Waals surface area contributed by atoms with E-state index in [0.29, 0.717) is 48.1 Å². The molecule has 0 unspecified atom stereocenters. The highest BCUT2D eigenvalue weighted by atomic mass is 16.5. The summed E-state index contributed by atoms with van der Waals surface area (Å²) in [5.41, 5.74) is 3.07. The molecule has 0 aromatic heterocycles. The number of nitrogens with one attached hydrogen (secondary N) is 1. The second-order valence-corrected chi connectivity index (χ2v) is 8.71. The molecule has 0 radical (unpaired) electrons. The molecule has 4 rings (SSSR count). The zero-order valence-corrected chi connectivity index (χ0v) is 22.1. The zero-order valence-electron chi connectivity index (χ0n) is 22.1. The Hall–Kier alpha value is -5.02. The first kappa shape index (κ1) is 27.0. The Morgan fingerprint density at radius 1 is 1.00 bits per heavy atom. The van der Waals surface area contributed by atoms with Gasteiger partial charge in [-0.3, -0.25) is 4.79 Å². The number of amides is 1. The van der Waals surface area contributed by atoms with Crippen LogP contribution in [-0.4, -0.2) is 19.6 Å². The molecule has 6 nitrogen and oxygen atoms in total. The Morgan fingerprint density at radius 2 is 1.77 bits per heavy atom. The highest BCUT2D eigenvalue weighted by molar-refractivity contribution is 6.09. The number of nitrogens with zero attached hydrogens (tertiary/aromatic N) is 1. The van der Waals surface area contributed by atoms with Gasteiger partial charge in [0.15, 0.2) is 11.5 Å². The Balaban J connectivity index is 1.64. The quantitative estimate of drug-likeness (QED) is 0.130. The van der Waals surface area contributed by atoms with Crippen molar-refractivity contribution in [2.75, 3.05) is 19.0 Å². The van der Waals surface area contributed by atoms with Crippen molar-refractivity contribution in [1.29, 1.82) is 5.26 Å². The molecular weight excluding hydrogens is 488 g/mol. The smallest absolute Gasteiger partial charge is 0.266 e. The van der Waals surface area contributed by atoms with Gasteiger partial charge in [-0.2, -0.15) is 5.26 Å². The van der Waals surface area contributed by atoms with Crippen LogP contribution in [0.15, 0.2) is 97.1 Å². The van der Waals surface area contributed by atoms with Crippen molar-refractivity contribution in [3.05, 3.63) is 114 Å². The van der Waals surface area contributed by atoms with Crippen molar-refractivity contribution in [1.82, 2.24) is 0 Å². The number of carbonyl (C=O) groups is 1. The monoisotopic (exact) mass is 518 g/mol. The van der Waals surface area contributed by atoms with Gasteiger partial charge in [-0.25, -0.2) is 0 Å². The lowest BCUT2D eigenvalue weighted by Gasteiger charge is -2.17. The molecule has 0 heterocycles. The number of methoxy groups -OCH3 is 1. The third-order valence-corrected chi connectivity index (χ3v) is 6.09. The molecule has 39 heavy (non-hydrogen) atoms. The fraction of sp³-hybridized carbons (Fsp3) is 0.152. The summed E-state index contributed by atoms with van der Waals surface area (Å²) >= 11 is 0. The number of hydrogen-bond acceptors (Lipinski definition) is 5. The second-order valence-electron chi connectivity index (χ2n) is 8.71. The van der Waals surface area contributed by atoms with Crippen molar-refractivity contribution in [2.24, 2.45) is 0 Å². The van der Waals surface area contributed by atoms with Gasteiger partial charge in [0.2, 0.25) is 0 Å². The van der Waals surface area contributed by atoms with Gasteiger partial charge in [-0.05, 0) is 77.7 Å². The lowest BCUT2D eigenvalue weighted by Crippen LogP contribution is -2.13. The number of benzene rings is 4. The molecule has 0 aliphatic heterocycles. The maximum atomic E-state index is 12.9. The van der Waals surface area contributed by atoms with E-state index in [1.807, 2.05) is 43.3 Å². The molecule has 0 bridgehead atoms. The van der Waals surface area contributed by atoms with E-state index in [-0.39, 0.29) is 5.57 Å². The third-order valence-electron chi connectivity index (χ3n) is 6.09. The Labute approximate surface area is 228 Å². The summed E-state index contributed by atoms with van der Waals surface area (Å²) in [4.78, 5) is 12.9. The topological polar surface area (TPSA) is 80.6 Å². The molecule has 0 aliphatic carbocycles. The first-order valence-corrected chi connectivity index (χ1v) is 12.6. The number of rotatable bonds is 11. The average molecular weight is 519 g/mol. The van der Waals surface area contributed by atoms with Gasteiger partial charge in [-0.15, -0.1) is 6.58 Å². The largest absolute Gasteiger partial charge is 0.497 e. The standard InChI is InChI=1S/C33H30N2O4/c1-4-9-25-18-23(19-27(21-34)33(36)35-28-14-16-29(37-3)17-15-28)20-31(38-5-2)32(25)39-22-26-12-8-11-24-10-6-7-13-30(24)26/h4,6-8,10-20H,1,5,9,22H2,2-3H3,(H,35,36)/b27-19+. The normalized spacial score (nSPS) is 10.9. The fourth-order valence-corrected chi connectivity index (χ4v) is 4.26. The third kappa shape index (κ3) is 6.65. The SMILES string of the molecule is C=CCc1cc(/C=C(\C#N)C(=O)Nc2ccc(OC)cc2)cc(OCC)c1OCc1cccc2ccccc12. The van der Waals surface area contributed by atoms with Gasteiger partial charge in [0.1, 0.15) is 24.0 Å². The zero-order chi connectivity index (χ0) is 27.6. The predicted octanol–water partition coefficient (Wildman–Crippen LogP) is 7.10. The van der Waals surface area contributed by atoms with Crippen LogP contribution in [0.2, 0.25) is 0 Å². The van der Waals surface area contributed by atoms with Crippen molar-refractivity contribution in [3.8, 4) is 23.3 Å². The van der Waals surface area contributed by atoms with E-state index in [0.717, 1.165) is 21.9 Å². The Kier molecular flexibility index (Phi) is 8.99. The maximum absolute atomic E-state index is 12.9. The molecule has 0 spiro atoms. The van der Waals surface area contributed by atoms with E-state index in [1.165, 1.54) is 0 Å². The van der Waals surface area contributed by atoms with E-state index in [4.69, 9.17) is 14.2 Å². The number of carbonyl (C=O) groups excluding carboxylic acids is 1. The number of hydrogen-bond donors (Lipinski definition) is 1. The minimum Gasteiger partial charge on any atom is -0.497 e. The van der Waals surface area contributed by atoms with Crippen LogP contribution in [0.3, 0.4) is 0 Å². The molecule has 0 saturated carbocycles. The molecule has 196 valence electrons. The van der Waals surface area contributed by atoms with Crippen molar-refractivity contribution < 1.29 is 19.0 Å². The first-order chi connectivity index (χ1) is 19.1. The molecular formula is C33H30N2O4. The van der Waals surface area contributed by atoms with E-state index >= 15 is 0 Å². The molecule has 1 N–H and O–H groups in total. The number of nitriles is 1. The molecule has 1 amide bonds. The lowest BCUT2D eigenvalue weighted by atomic mass is 10.0. The van der Waals surface area contributed by atoms with Crippen LogP contribution in [0.25, 0.3) is 16.8 Å². The number of ether oxygens (including phenoxy) is 3. The number of anilines is 1. The highest BCUT2D eigenvalue weighted by Crippen LogP contribution is 2.36. The molecule has 4 aromatic rings. The van der Waals surface area contributed by atoms with Crippen LogP contribution in [0.4, 0.5) is 5.69 Å². The molecule has 6 heteroatoms. The predicted molar refractivity (Wildman–Crippen MR) is 155 cm³/mol. The molecule has 0 aliphatic rings. The highest BCUT2D eigenvalue weighted by Gasteiger charge is 2.16. The van der Waals surface area contributed by atoms with Crippen LogP contribution in [0.5, 0.6) is 17.2 Å². The maximum Gasteiger partial charge on any atom is 0.266 e. The summed E-state index contributed by atoms with van der Waals surface area (Å²) in [6, 6.07) is 26.9. The first-order valence-electron chi connectivity index (χ1n) is 12.6. The average Bonchev–Trinajstić information content (AvgIpc) is 2.96. The van der Waals surface area contributed by atoms with Crippen molar-refractivity contribution in [2.45, 2.75) is 20.0 Å². The summed E-state index contributed by atoms with van der Waals surface area (Å²) in [5.74, 6) is 1.31. The van der Waals surface area contributed by atoms with E-state index in [1.54, 1.807) is 49.6 Å². The van der Waals surface area contributed by atoms with Gasteiger partial charge in [-0.1, -0.05) is 48.5 Å². The summed E-state index contributed by atoms with van der Waals surface area (Å²) in [7, 11) is 1.57. The van der Waals surface area contributed by atoms with Crippen LogP contribution < -0.4 is 19.5 Å². The van der Waals surface area contributed by atoms with Gasteiger partial charge >= 0.3 is 0 Å². The van der Waals surface area contributed by atoms with Crippen molar-refractivity contribution >= 4 is 28.4 Å². The van der Waals surface area contributed by atoms with E-state index < -0.39 is 5.91 Å². The Morgan fingerprint density at radius 3 is 2.49 bits per heavy atom. The minimum atomic E-state index is -0.512. The summed E-state index contributed by atoms with van der Waals surface area (Å²) in [5, 5.41) is 14.8. The summed E-state index contributed by atoms with van der Waals surface area (Å²) < 4.78 is 17.5. The number of allylic oxidation sites excluding steroid dienone is 1. The minimum absolute atomic E-state index is 0.0396. The number of fused-ring (bicyclic) bond motifs is 1. The molecule has 4 aromatic carbocycles. The Bertz CT molecular complexity index is 1540. The van der Waals surface area contributed by atoms with E-state index in [2.05, 4.69) is 30.1 Å². The van der Waals surface area contributed by atoms with Crippen LogP contribution >= 0.6 is 0 Å². The van der Waals surface area contributed by atoms with E-state index in [9.17, 15) is 10.1 Å². The van der Waals surface area contributed by atoms with Gasteiger partial charge in [0.05, 0.1) is 13.7 Å². The van der Waals surface area contributed by atoms with Crippen LogP contribution in [0.1, 0.15) is 23.6 Å². The summed E-state index contributed by atoms with van der Waals surface area (Å²) in [6.45, 7) is 6.57. The molecule has 0 saturated heterocycles. The summed E-state index contributed by atoms with van der Waals surface area (Å²) in [6.07, 6.45) is 3.85. The molecule has 0 fully saturated rings. The second kappa shape index (κ2) is 13.0. The van der Waals surface area contributed by atoms with Gasteiger partial charge in [0, 0.05) is 11.3 Å².